The van der Waals surface area contributed by atoms with E-state index in [4.69, 9.17) is 11.6 Å². The highest BCUT2D eigenvalue weighted by Gasteiger charge is 2.26. The predicted molar refractivity (Wildman–Crippen MR) is 87.1 cm³/mol. The number of rotatable bonds is 10. The van der Waals surface area contributed by atoms with Gasteiger partial charge in [-0.2, -0.15) is 4.31 Å². The van der Waals surface area contributed by atoms with Crippen LogP contribution >= 0.6 is 11.6 Å². The highest BCUT2D eigenvalue weighted by Crippen LogP contribution is 2.23. The van der Waals surface area contributed by atoms with Crippen molar-refractivity contribution >= 4 is 21.6 Å². The summed E-state index contributed by atoms with van der Waals surface area (Å²) >= 11 is 5.96. The van der Waals surface area contributed by atoms with E-state index in [0.29, 0.717) is 13.1 Å². The van der Waals surface area contributed by atoms with Crippen LogP contribution in [0.1, 0.15) is 52.4 Å². The van der Waals surface area contributed by atoms with E-state index >= 15 is 0 Å². The monoisotopic (exact) mass is 332 g/mol. The van der Waals surface area contributed by atoms with Crippen molar-refractivity contribution in [1.82, 2.24) is 9.29 Å². The van der Waals surface area contributed by atoms with Gasteiger partial charge in [0.2, 0.25) is 10.0 Å². The summed E-state index contributed by atoms with van der Waals surface area (Å²) in [7, 11) is -3.55. The Balaban J connectivity index is 2.90. The molecule has 1 rings (SSSR count). The summed E-state index contributed by atoms with van der Waals surface area (Å²) in [6, 6.07) is 3.13. The van der Waals surface area contributed by atoms with Gasteiger partial charge < -0.3 is 0 Å². The largest absolute Gasteiger partial charge is 0.246 e. The van der Waals surface area contributed by atoms with E-state index in [-0.39, 0.29) is 10.0 Å². The van der Waals surface area contributed by atoms with Crippen LogP contribution in [0.5, 0.6) is 0 Å². The van der Waals surface area contributed by atoms with Crippen LogP contribution in [0.3, 0.4) is 0 Å². The minimum Gasteiger partial charge on any atom is -0.243 e. The zero-order chi connectivity index (χ0) is 15.7. The van der Waals surface area contributed by atoms with Crippen LogP contribution in [0.4, 0.5) is 0 Å². The zero-order valence-electron chi connectivity index (χ0n) is 12.9. The Labute approximate surface area is 133 Å². The number of hydrogen-bond donors (Lipinski definition) is 0. The molecule has 0 spiro atoms. The van der Waals surface area contributed by atoms with Crippen LogP contribution in [-0.4, -0.2) is 30.8 Å². The summed E-state index contributed by atoms with van der Waals surface area (Å²) in [5, 5.41) is 0.0495. The van der Waals surface area contributed by atoms with Gasteiger partial charge in [0.05, 0.1) is 0 Å². The molecule has 0 saturated heterocycles. The number of unbranched alkanes of at least 4 members (excludes halogenated alkanes) is 4. The van der Waals surface area contributed by atoms with E-state index in [0.717, 1.165) is 38.5 Å². The summed E-state index contributed by atoms with van der Waals surface area (Å²) in [5.74, 6) is 0. The number of hydrogen-bond acceptors (Lipinski definition) is 3. The van der Waals surface area contributed by atoms with Gasteiger partial charge in [0.1, 0.15) is 10.0 Å². The number of pyridine rings is 1. The molecular formula is C15H25ClN2O2S. The van der Waals surface area contributed by atoms with Crippen molar-refractivity contribution in [2.45, 2.75) is 57.3 Å². The molecule has 0 aliphatic carbocycles. The van der Waals surface area contributed by atoms with Crippen molar-refractivity contribution in [1.29, 1.82) is 0 Å². The minimum atomic E-state index is -3.55. The van der Waals surface area contributed by atoms with Gasteiger partial charge in [0.15, 0.2) is 0 Å². The molecule has 0 N–H and O–H groups in total. The molecule has 0 aliphatic rings. The fourth-order valence-corrected chi connectivity index (χ4v) is 4.08. The number of halogens is 1. The standard InChI is InChI=1S/C15H25ClN2O2S/c1-3-5-7-12-18(13-8-6-4-2)21(19,20)14-10-9-11-17-15(14)16/h9-11H,3-8,12-13H2,1-2H3. The van der Waals surface area contributed by atoms with Gasteiger partial charge in [-0.15, -0.1) is 0 Å². The van der Waals surface area contributed by atoms with E-state index in [1.807, 2.05) is 0 Å². The Morgan fingerprint density at radius 1 is 1.10 bits per heavy atom. The van der Waals surface area contributed by atoms with Gasteiger partial charge in [0, 0.05) is 19.3 Å². The van der Waals surface area contributed by atoms with E-state index < -0.39 is 10.0 Å². The van der Waals surface area contributed by atoms with Crippen LogP contribution in [-0.2, 0) is 10.0 Å². The molecule has 0 bridgehead atoms. The topological polar surface area (TPSA) is 50.3 Å². The van der Waals surface area contributed by atoms with Gasteiger partial charge in [0.25, 0.3) is 0 Å². The van der Waals surface area contributed by atoms with Crippen molar-refractivity contribution < 1.29 is 8.42 Å². The van der Waals surface area contributed by atoms with E-state index in [2.05, 4.69) is 18.8 Å². The molecule has 6 heteroatoms. The first kappa shape index (κ1) is 18.4. The average molecular weight is 333 g/mol. The van der Waals surface area contributed by atoms with Crippen molar-refractivity contribution in [2.24, 2.45) is 0 Å². The molecule has 0 saturated carbocycles. The molecule has 0 fully saturated rings. The molecule has 21 heavy (non-hydrogen) atoms. The van der Waals surface area contributed by atoms with Crippen molar-refractivity contribution in [3.05, 3.63) is 23.5 Å². The number of aromatic nitrogens is 1. The van der Waals surface area contributed by atoms with E-state index in [1.54, 1.807) is 10.4 Å². The summed E-state index contributed by atoms with van der Waals surface area (Å²) in [6.45, 7) is 5.30. The highest BCUT2D eigenvalue weighted by atomic mass is 35.5. The lowest BCUT2D eigenvalue weighted by Crippen LogP contribution is -2.33. The third-order valence-electron chi connectivity index (χ3n) is 3.36. The lowest BCUT2D eigenvalue weighted by atomic mass is 10.2. The highest BCUT2D eigenvalue weighted by molar-refractivity contribution is 7.89. The third kappa shape index (κ3) is 5.57. The third-order valence-corrected chi connectivity index (χ3v) is 5.71. The van der Waals surface area contributed by atoms with Crippen molar-refractivity contribution in [3.63, 3.8) is 0 Å². The smallest absolute Gasteiger partial charge is 0.243 e. The molecule has 0 aromatic carbocycles. The van der Waals surface area contributed by atoms with Gasteiger partial charge >= 0.3 is 0 Å². The number of sulfonamides is 1. The molecule has 1 heterocycles. The summed E-state index contributed by atoms with van der Waals surface area (Å²) in [4.78, 5) is 3.99. The van der Waals surface area contributed by atoms with E-state index in [9.17, 15) is 8.42 Å². The minimum absolute atomic E-state index is 0.0495. The normalized spacial score (nSPS) is 12.0. The summed E-state index contributed by atoms with van der Waals surface area (Å²) in [5.41, 5.74) is 0. The van der Waals surface area contributed by atoms with Gasteiger partial charge in [-0.05, 0) is 25.0 Å². The van der Waals surface area contributed by atoms with Crippen LogP contribution in [0, 0.1) is 0 Å². The Kier molecular flexibility index (Phi) is 8.22. The van der Waals surface area contributed by atoms with Gasteiger partial charge in [-0.1, -0.05) is 51.1 Å². The Morgan fingerprint density at radius 2 is 1.67 bits per heavy atom. The molecule has 0 atom stereocenters. The molecule has 0 unspecified atom stereocenters. The van der Waals surface area contributed by atoms with Crippen LogP contribution in [0.2, 0.25) is 5.15 Å². The molecule has 1 aromatic heterocycles. The first-order valence-corrected chi connectivity index (χ1v) is 9.46. The maximum Gasteiger partial charge on any atom is 0.246 e. The zero-order valence-corrected chi connectivity index (χ0v) is 14.5. The quantitative estimate of drug-likeness (QED) is 0.478. The fraction of sp³-hybridized carbons (Fsp3) is 0.667. The molecular weight excluding hydrogens is 308 g/mol. The Bertz CT molecular complexity index is 510. The maximum atomic E-state index is 12.7. The fourth-order valence-electron chi connectivity index (χ4n) is 2.13. The van der Waals surface area contributed by atoms with Gasteiger partial charge in [-0.3, -0.25) is 0 Å². The first-order valence-electron chi connectivity index (χ1n) is 7.64. The second-order valence-corrected chi connectivity index (χ2v) is 7.38. The second-order valence-electron chi connectivity index (χ2n) is 5.11. The number of nitrogens with zero attached hydrogens (tertiary/aromatic N) is 2. The van der Waals surface area contributed by atoms with Crippen LogP contribution in [0.15, 0.2) is 23.2 Å². The Morgan fingerprint density at radius 3 is 2.14 bits per heavy atom. The van der Waals surface area contributed by atoms with Crippen molar-refractivity contribution in [3.8, 4) is 0 Å². The summed E-state index contributed by atoms with van der Waals surface area (Å²) < 4.78 is 27.0. The molecule has 0 aliphatic heterocycles. The Hall–Kier alpha value is -0.650. The predicted octanol–water partition coefficient (Wildman–Crippen LogP) is 4.11. The molecule has 0 radical (unpaired) electrons. The molecule has 0 amide bonds. The van der Waals surface area contributed by atoms with Gasteiger partial charge in [-0.25, -0.2) is 13.4 Å². The summed E-state index contributed by atoms with van der Waals surface area (Å²) in [6.07, 6.45) is 7.44. The SMILES string of the molecule is CCCCCN(CCCCC)S(=O)(=O)c1cccnc1Cl. The van der Waals surface area contributed by atoms with Crippen molar-refractivity contribution in [2.75, 3.05) is 13.1 Å². The van der Waals surface area contributed by atoms with Crippen LogP contribution in [0.25, 0.3) is 0 Å². The molecule has 1 aromatic rings. The van der Waals surface area contributed by atoms with E-state index in [1.165, 1.54) is 12.3 Å². The molecule has 120 valence electrons. The first-order chi connectivity index (χ1) is 10.0. The second kappa shape index (κ2) is 9.38. The average Bonchev–Trinajstić information content (AvgIpc) is 2.46. The lowest BCUT2D eigenvalue weighted by molar-refractivity contribution is 0.388. The molecule has 4 nitrogen and oxygen atoms in total. The van der Waals surface area contributed by atoms with Crippen LogP contribution < -0.4 is 0 Å². The maximum absolute atomic E-state index is 12.7. The lowest BCUT2D eigenvalue weighted by Gasteiger charge is -2.22.